The van der Waals surface area contributed by atoms with Gasteiger partial charge in [-0.2, -0.15) is 0 Å². The van der Waals surface area contributed by atoms with Gasteiger partial charge in [-0.15, -0.1) is 0 Å². The molecule has 1 N–H and O–H groups in total. The van der Waals surface area contributed by atoms with Gasteiger partial charge in [-0.05, 0) is 39.7 Å². The lowest BCUT2D eigenvalue weighted by molar-refractivity contribution is -0.402. The van der Waals surface area contributed by atoms with Crippen LogP contribution in [0.5, 0.6) is 0 Å². The molecule has 6 nitrogen and oxygen atoms in total. The van der Waals surface area contributed by atoms with E-state index >= 15 is 0 Å². The average molecular weight is 227 g/mol. The minimum absolute atomic E-state index is 0.204. The van der Waals surface area contributed by atoms with E-state index in [4.69, 9.17) is 4.42 Å². The van der Waals surface area contributed by atoms with Crippen LogP contribution in [0, 0.1) is 10.1 Å². The minimum Gasteiger partial charge on any atom is -0.404 e. The van der Waals surface area contributed by atoms with E-state index in [0.717, 1.165) is 19.5 Å². The monoisotopic (exact) mass is 227 g/mol. The van der Waals surface area contributed by atoms with Gasteiger partial charge in [-0.1, -0.05) is 0 Å². The Kier molecular flexibility index (Phi) is 4.94. The predicted molar refractivity (Wildman–Crippen MR) is 60.2 cm³/mol. The highest BCUT2D eigenvalue weighted by molar-refractivity contribution is 5.17. The van der Waals surface area contributed by atoms with Crippen LogP contribution in [-0.4, -0.2) is 37.0 Å². The quantitative estimate of drug-likeness (QED) is 0.431. The van der Waals surface area contributed by atoms with Crippen LogP contribution in [0.15, 0.2) is 16.5 Å². The number of hydrogen-bond acceptors (Lipinski definition) is 5. The normalized spacial score (nSPS) is 10.9. The van der Waals surface area contributed by atoms with Crippen LogP contribution < -0.4 is 5.32 Å². The maximum atomic E-state index is 10.4. The molecule has 0 saturated heterocycles. The summed E-state index contributed by atoms with van der Waals surface area (Å²) in [6.07, 6.45) is 1.04. The minimum atomic E-state index is -0.532. The summed E-state index contributed by atoms with van der Waals surface area (Å²) in [5.41, 5.74) is 0. The Morgan fingerprint density at radius 3 is 2.81 bits per heavy atom. The Bertz CT molecular complexity index is 336. The SMILES string of the molecule is CN(C)CCCNCc1ccc([N+](=O)[O-])o1. The molecule has 0 saturated carbocycles. The zero-order chi connectivity index (χ0) is 12.0. The van der Waals surface area contributed by atoms with Crippen LogP contribution in [0.3, 0.4) is 0 Å². The lowest BCUT2D eigenvalue weighted by Crippen LogP contribution is -2.20. The molecule has 0 radical (unpaired) electrons. The highest BCUT2D eigenvalue weighted by Gasteiger charge is 2.10. The van der Waals surface area contributed by atoms with Crippen molar-refractivity contribution in [1.82, 2.24) is 10.2 Å². The summed E-state index contributed by atoms with van der Waals surface area (Å²) in [6.45, 7) is 2.42. The zero-order valence-electron chi connectivity index (χ0n) is 9.60. The van der Waals surface area contributed by atoms with E-state index in [1.165, 1.54) is 6.07 Å². The van der Waals surface area contributed by atoms with E-state index in [1.54, 1.807) is 6.07 Å². The summed E-state index contributed by atoms with van der Waals surface area (Å²) in [5, 5.41) is 13.5. The predicted octanol–water partition coefficient (Wildman–Crippen LogP) is 1.23. The van der Waals surface area contributed by atoms with Crippen molar-refractivity contribution in [2.75, 3.05) is 27.2 Å². The molecule has 0 fully saturated rings. The number of nitrogens with zero attached hydrogens (tertiary/aromatic N) is 2. The van der Waals surface area contributed by atoms with E-state index < -0.39 is 4.92 Å². The fourth-order valence-corrected chi connectivity index (χ4v) is 1.29. The number of hydrogen-bond donors (Lipinski definition) is 1. The molecule has 0 aliphatic rings. The second-order valence-electron chi connectivity index (χ2n) is 3.83. The fraction of sp³-hybridized carbons (Fsp3) is 0.600. The second kappa shape index (κ2) is 6.24. The summed E-state index contributed by atoms with van der Waals surface area (Å²) in [4.78, 5) is 11.9. The third kappa shape index (κ3) is 4.41. The molecule has 0 spiro atoms. The van der Waals surface area contributed by atoms with Crippen LogP contribution >= 0.6 is 0 Å². The van der Waals surface area contributed by atoms with Gasteiger partial charge in [0.05, 0.1) is 12.6 Å². The third-order valence-electron chi connectivity index (χ3n) is 2.09. The van der Waals surface area contributed by atoms with E-state index in [2.05, 4.69) is 10.2 Å². The molecule has 0 bridgehead atoms. The second-order valence-corrected chi connectivity index (χ2v) is 3.83. The Hall–Kier alpha value is -1.40. The smallest absolute Gasteiger partial charge is 0.404 e. The van der Waals surface area contributed by atoms with Crippen molar-refractivity contribution in [3.05, 3.63) is 28.0 Å². The van der Waals surface area contributed by atoms with E-state index in [1.807, 2.05) is 14.1 Å². The third-order valence-corrected chi connectivity index (χ3v) is 2.09. The van der Waals surface area contributed by atoms with Crippen molar-refractivity contribution >= 4 is 5.88 Å². The maximum absolute atomic E-state index is 10.4. The highest BCUT2D eigenvalue weighted by Crippen LogP contribution is 2.14. The molecule has 0 atom stereocenters. The Labute approximate surface area is 94.4 Å². The van der Waals surface area contributed by atoms with Crippen molar-refractivity contribution in [3.63, 3.8) is 0 Å². The molecule has 0 aromatic carbocycles. The standard InChI is InChI=1S/C10H17N3O3/c1-12(2)7-3-6-11-8-9-4-5-10(16-9)13(14)15/h4-5,11H,3,6-8H2,1-2H3. The molecule has 1 aromatic rings. The first-order valence-electron chi connectivity index (χ1n) is 5.18. The van der Waals surface area contributed by atoms with E-state index in [9.17, 15) is 10.1 Å². The van der Waals surface area contributed by atoms with Gasteiger partial charge >= 0.3 is 5.88 Å². The molecule has 0 unspecified atom stereocenters. The number of rotatable bonds is 7. The van der Waals surface area contributed by atoms with Gasteiger partial charge in [0.25, 0.3) is 0 Å². The van der Waals surface area contributed by atoms with Crippen LogP contribution in [0.4, 0.5) is 5.88 Å². The number of furan rings is 1. The van der Waals surface area contributed by atoms with Gasteiger partial charge in [0, 0.05) is 0 Å². The van der Waals surface area contributed by atoms with Gasteiger partial charge in [0.15, 0.2) is 0 Å². The first-order valence-corrected chi connectivity index (χ1v) is 5.18. The summed E-state index contributed by atoms with van der Waals surface area (Å²) < 4.78 is 5.00. The van der Waals surface area contributed by atoms with Crippen molar-refractivity contribution in [1.29, 1.82) is 0 Å². The zero-order valence-corrected chi connectivity index (χ0v) is 9.60. The van der Waals surface area contributed by atoms with Crippen LogP contribution in [0.2, 0.25) is 0 Å². The lowest BCUT2D eigenvalue weighted by Gasteiger charge is -2.08. The number of nitrogens with one attached hydrogen (secondary N) is 1. The van der Waals surface area contributed by atoms with E-state index in [-0.39, 0.29) is 5.88 Å². The first-order chi connectivity index (χ1) is 7.59. The molecule has 0 aliphatic heterocycles. The molecular weight excluding hydrogens is 210 g/mol. The van der Waals surface area contributed by atoms with Gasteiger partial charge in [0.2, 0.25) is 0 Å². The molecule has 0 amide bonds. The largest absolute Gasteiger partial charge is 0.433 e. The average Bonchev–Trinajstić information content (AvgIpc) is 2.65. The summed E-state index contributed by atoms with van der Waals surface area (Å²) in [6, 6.07) is 2.99. The molecule has 6 heteroatoms. The van der Waals surface area contributed by atoms with Gasteiger partial charge in [-0.25, -0.2) is 0 Å². The van der Waals surface area contributed by atoms with Crippen LogP contribution in [0.25, 0.3) is 0 Å². The van der Waals surface area contributed by atoms with Crippen LogP contribution in [0.1, 0.15) is 12.2 Å². The van der Waals surface area contributed by atoms with Crippen LogP contribution in [-0.2, 0) is 6.54 Å². The summed E-state index contributed by atoms with van der Waals surface area (Å²) in [7, 11) is 4.05. The Balaban J connectivity index is 2.19. The molecular formula is C10H17N3O3. The molecule has 1 heterocycles. The molecule has 16 heavy (non-hydrogen) atoms. The first kappa shape index (κ1) is 12.7. The van der Waals surface area contributed by atoms with Gasteiger partial charge < -0.3 is 14.6 Å². The Morgan fingerprint density at radius 1 is 1.50 bits per heavy atom. The fourth-order valence-electron chi connectivity index (χ4n) is 1.29. The highest BCUT2D eigenvalue weighted by atomic mass is 16.6. The van der Waals surface area contributed by atoms with Crippen molar-refractivity contribution in [2.45, 2.75) is 13.0 Å². The number of nitro groups is 1. The molecule has 90 valence electrons. The van der Waals surface area contributed by atoms with E-state index in [0.29, 0.717) is 12.3 Å². The van der Waals surface area contributed by atoms with Crippen molar-refractivity contribution < 1.29 is 9.34 Å². The summed E-state index contributed by atoms with van der Waals surface area (Å²) >= 11 is 0. The van der Waals surface area contributed by atoms with Crippen molar-refractivity contribution in [3.8, 4) is 0 Å². The van der Waals surface area contributed by atoms with Crippen molar-refractivity contribution in [2.24, 2.45) is 0 Å². The summed E-state index contributed by atoms with van der Waals surface area (Å²) in [5.74, 6) is 0.390. The van der Waals surface area contributed by atoms with Gasteiger partial charge in [0.1, 0.15) is 10.7 Å². The molecule has 0 aliphatic carbocycles. The maximum Gasteiger partial charge on any atom is 0.433 e. The van der Waals surface area contributed by atoms with Gasteiger partial charge in [-0.3, -0.25) is 10.1 Å². The topological polar surface area (TPSA) is 71.5 Å². The molecule has 1 aromatic heterocycles. The molecule has 1 rings (SSSR count). The Morgan fingerprint density at radius 2 is 2.25 bits per heavy atom. The lowest BCUT2D eigenvalue weighted by atomic mass is 10.4.